The van der Waals surface area contributed by atoms with Crippen molar-refractivity contribution < 1.29 is 49.3 Å². The Morgan fingerprint density at radius 1 is 0.606 bits per heavy atom. The van der Waals surface area contributed by atoms with Crippen LogP contribution in [-0.4, -0.2) is 99.6 Å². The Hall–Kier alpha value is -2.64. The third-order valence-corrected chi connectivity index (χ3v) is 12.2. The Morgan fingerprint density at radius 2 is 1.12 bits per heavy atom. The predicted molar refractivity (Wildman–Crippen MR) is 269 cm³/mol. The van der Waals surface area contributed by atoms with Gasteiger partial charge >= 0.3 is 5.97 Å². The second kappa shape index (κ2) is 43.6. The summed E-state index contributed by atoms with van der Waals surface area (Å²) < 4.78 is 17.5. The highest BCUT2D eigenvalue weighted by molar-refractivity contribution is 5.80. The van der Waals surface area contributed by atoms with E-state index in [4.69, 9.17) is 14.2 Å². The average molecular weight is 932 g/mol. The Bertz CT molecular complexity index is 1300. The van der Waals surface area contributed by atoms with Crippen LogP contribution in [0.4, 0.5) is 0 Å². The van der Waals surface area contributed by atoms with Crippen LogP contribution in [0.2, 0.25) is 0 Å². The van der Waals surface area contributed by atoms with Crippen molar-refractivity contribution in [1.29, 1.82) is 0 Å². The van der Waals surface area contributed by atoms with Crippen molar-refractivity contribution >= 4 is 11.9 Å². The third-order valence-electron chi connectivity index (χ3n) is 12.2. The number of carbonyl (C=O) groups is 2. The molecule has 0 radical (unpaired) electrons. The molecule has 11 nitrogen and oxygen atoms in total. The second-order valence-corrected chi connectivity index (χ2v) is 18.3. The molecule has 0 aromatic heterocycles. The molecule has 1 saturated heterocycles. The molecule has 1 fully saturated rings. The predicted octanol–water partition coefficient (Wildman–Crippen LogP) is 11.1. The van der Waals surface area contributed by atoms with Gasteiger partial charge in [0.25, 0.3) is 0 Å². The first-order valence-corrected chi connectivity index (χ1v) is 26.6. The first-order valence-electron chi connectivity index (χ1n) is 26.6. The normalized spacial score (nSPS) is 20.6. The van der Waals surface area contributed by atoms with Crippen LogP contribution in [0.15, 0.2) is 60.8 Å². The number of unbranched alkanes of at least 4 members (excludes halogenated alkanes) is 23. The van der Waals surface area contributed by atoms with Gasteiger partial charge in [0.15, 0.2) is 12.4 Å². The number of hydrogen-bond donors (Lipinski definition) is 6. The minimum Gasteiger partial charge on any atom is -0.454 e. The standard InChI is InChI=1S/C55H97NO10/c1-4-7-10-13-16-19-22-24-25-28-30-33-36-39-42-48(59)54(63)56-46(47(58)41-38-35-32-29-27-23-20-17-14-11-8-5-2)45-64-55-53(52(62)51(61)49(44-57)65-55)66-50(60)43-40-37-34-31-26-21-18-15-12-9-6-3/h7,10,13,15-16,18-19,22,38,41,46-49,51-53,55,57-59,61-62H,4-6,8-9,11-12,14,17,20-21,23-37,39-40,42-45H2,1-3H3,(H,56,63)/b10-7+,16-13+,18-15-,22-19+,41-38+. The van der Waals surface area contributed by atoms with Gasteiger partial charge in [-0.25, -0.2) is 0 Å². The lowest BCUT2D eigenvalue weighted by molar-refractivity contribution is -0.305. The van der Waals surface area contributed by atoms with Crippen molar-refractivity contribution in [1.82, 2.24) is 5.32 Å². The first kappa shape index (κ1) is 61.4. The Morgan fingerprint density at radius 3 is 1.71 bits per heavy atom. The number of carbonyl (C=O) groups excluding carboxylic acids is 2. The van der Waals surface area contributed by atoms with Crippen molar-refractivity contribution in [3.63, 3.8) is 0 Å². The molecule has 11 heteroatoms. The zero-order valence-electron chi connectivity index (χ0n) is 41.8. The summed E-state index contributed by atoms with van der Waals surface area (Å²) in [4.78, 5) is 26.3. The van der Waals surface area contributed by atoms with Gasteiger partial charge in [-0.05, 0) is 64.2 Å². The molecule has 0 aromatic carbocycles. The lowest BCUT2D eigenvalue weighted by atomic mass is 9.99. The fourth-order valence-electron chi connectivity index (χ4n) is 7.92. The van der Waals surface area contributed by atoms with E-state index in [1.807, 2.05) is 18.2 Å². The van der Waals surface area contributed by atoms with Crippen molar-refractivity contribution in [2.45, 2.75) is 262 Å². The van der Waals surface area contributed by atoms with E-state index in [9.17, 15) is 35.1 Å². The molecule has 1 amide bonds. The quantitative estimate of drug-likeness (QED) is 0.0149. The molecule has 66 heavy (non-hydrogen) atoms. The maximum Gasteiger partial charge on any atom is 0.306 e. The van der Waals surface area contributed by atoms with Crippen LogP contribution in [-0.2, 0) is 23.8 Å². The number of amides is 1. The summed E-state index contributed by atoms with van der Waals surface area (Å²) in [5.74, 6) is -1.22. The van der Waals surface area contributed by atoms with Gasteiger partial charge in [0.2, 0.25) is 5.91 Å². The number of nitrogens with one attached hydrogen (secondary N) is 1. The summed E-state index contributed by atoms with van der Waals surface area (Å²) in [6.45, 7) is 5.57. The van der Waals surface area contributed by atoms with Gasteiger partial charge in [0.05, 0.1) is 25.4 Å². The van der Waals surface area contributed by atoms with E-state index in [0.717, 1.165) is 103 Å². The van der Waals surface area contributed by atoms with Crippen molar-refractivity contribution in [2.75, 3.05) is 13.2 Å². The molecule has 8 unspecified atom stereocenters. The molecule has 0 aromatic rings. The Kier molecular flexibility index (Phi) is 40.6. The van der Waals surface area contributed by atoms with Crippen LogP contribution in [0.25, 0.3) is 0 Å². The van der Waals surface area contributed by atoms with Gasteiger partial charge in [0, 0.05) is 6.42 Å². The van der Waals surface area contributed by atoms with Crippen LogP contribution >= 0.6 is 0 Å². The highest BCUT2D eigenvalue weighted by atomic mass is 16.7. The SMILES string of the molecule is CC/C=C/C=C/C=C/CCCCCCCCC(O)C(=O)NC(COC1OC(CO)C(O)C(O)C1OC(=O)CCCCCCC/C=C\CCCC)C(O)/C=C/CCCCCCCCCCCC. The molecule has 382 valence electrons. The topological polar surface area (TPSA) is 175 Å². The van der Waals surface area contributed by atoms with Crippen molar-refractivity contribution in [3.8, 4) is 0 Å². The summed E-state index contributed by atoms with van der Waals surface area (Å²) in [6, 6.07) is -1.03. The zero-order valence-corrected chi connectivity index (χ0v) is 41.8. The van der Waals surface area contributed by atoms with Crippen LogP contribution in [0.5, 0.6) is 0 Å². The number of rotatable bonds is 43. The smallest absolute Gasteiger partial charge is 0.306 e. The molecular formula is C55H97NO10. The third kappa shape index (κ3) is 32.2. The molecule has 1 aliphatic rings. The van der Waals surface area contributed by atoms with Gasteiger partial charge < -0.3 is 45.1 Å². The van der Waals surface area contributed by atoms with E-state index in [2.05, 4.69) is 62.5 Å². The van der Waals surface area contributed by atoms with Crippen molar-refractivity contribution in [2.24, 2.45) is 0 Å². The minimum absolute atomic E-state index is 0.110. The number of allylic oxidation sites excluding steroid dienone is 9. The Balaban J connectivity index is 2.79. The molecule has 6 N–H and O–H groups in total. The van der Waals surface area contributed by atoms with Crippen LogP contribution in [0, 0.1) is 0 Å². The summed E-state index contributed by atoms with van der Waals surface area (Å²) >= 11 is 0. The summed E-state index contributed by atoms with van der Waals surface area (Å²) in [6.07, 6.45) is 41.3. The monoisotopic (exact) mass is 932 g/mol. The minimum atomic E-state index is -1.62. The molecular weight excluding hydrogens is 835 g/mol. The first-order chi connectivity index (χ1) is 32.2. The number of aliphatic hydroxyl groups is 5. The van der Waals surface area contributed by atoms with Gasteiger partial charge in [-0.2, -0.15) is 0 Å². The van der Waals surface area contributed by atoms with E-state index < -0.39 is 67.4 Å². The van der Waals surface area contributed by atoms with E-state index in [-0.39, 0.29) is 19.4 Å². The zero-order chi connectivity index (χ0) is 48.3. The summed E-state index contributed by atoms with van der Waals surface area (Å²) in [5.41, 5.74) is 0. The van der Waals surface area contributed by atoms with Gasteiger partial charge in [0.1, 0.15) is 24.4 Å². The van der Waals surface area contributed by atoms with Gasteiger partial charge in [-0.15, -0.1) is 0 Å². The van der Waals surface area contributed by atoms with Gasteiger partial charge in [-0.3, -0.25) is 9.59 Å². The maximum atomic E-state index is 13.3. The van der Waals surface area contributed by atoms with Gasteiger partial charge in [-0.1, -0.05) is 204 Å². The molecule has 8 atom stereocenters. The summed E-state index contributed by atoms with van der Waals surface area (Å²) in [5, 5.41) is 56.6. The maximum absolute atomic E-state index is 13.3. The van der Waals surface area contributed by atoms with E-state index in [1.54, 1.807) is 6.08 Å². The van der Waals surface area contributed by atoms with E-state index >= 15 is 0 Å². The highest BCUT2D eigenvalue weighted by Crippen LogP contribution is 2.26. The lowest BCUT2D eigenvalue weighted by Gasteiger charge is -2.41. The van der Waals surface area contributed by atoms with Crippen LogP contribution in [0.3, 0.4) is 0 Å². The second-order valence-electron chi connectivity index (χ2n) is 18.3. The molecule has 0 bridgehead atoms. The van der Waals surface area contributed by atoms with E-state index in [0.29, 0.717) is 12.8 Å². The highest BCUT2D eigenvalue weighted by Gasteiger charge is 2.47. The molecule has 1 aliphatic heterocycles. The molecule has 0 saturated carbocycles. The van der Waals surface area contributed by atoms with Crippen LogP contribution in [0.1, 0.15) is 213 Å². The molecule has 0 aliphatic carbocycles. The molecule has 0 spiro atoms. The fraction of sp³-hybridized carbons (Fsp3) is 0.782. The van der Waals surface area contributed by atoms with E-state index in [1.165, 1.54) is 64.2 Å². The Labute approximate surface area is 401 Å². The molecule has 1 rings (SSSR count). The lowest BCUT2D eigenvalue weighted by Crippen LogP contribution is -2.61. The number of esters is 1. The number of aliphatic hydroxyl groups excluding tert-OH is 5. The van der Waals surface area contributed by atoms with Crippen molar-refractivity contribution in [3.05, 3.63) is 60.8 Å². The largest absolute Gasteiger partial charge is 0.454 e. The fourth-order valence-corrected chi connectivity index (χ4v) is 7.92. The molecule has 1 heterocycles. The number of ether oxygens (including phenoxy) is 3. The van der Waals surface area contributed by atoms with Crippen LogP contribution < -0.4 is 5.32 Å². The average Bonchev–Trinajstić information content (AvgIpc) is 3.31. The number of hydrogen-bond acceptors (Lipinski definition) is 10. The summed E-state index contributed by atoms with van der Waals surface area (Å²) in [7, 11) is 0.